The normalized spacial score (nSPS) is 10.9. The summed E-state index contributed by atoms with van der Waals surface area (Å²) in [6, 6.07) is 3.39. The van der Waals surface area contributed by atoms with Gasteiger partial charge in [0.2, 0.25) is 0 Å². The van der Waals surface area contributed by atoms with Gasteiger partial charge >= 0.3 is 0 Å². The number of unbranched alkanes of at least 4 members (excludes halogenated alkanes) is 12. The topological polar surface area (TPSA) is 39.4 Å². The number of rotatable bonds is 16. The molecule has 0 spiro atoms. The van der Waals surface area contributed by atoms with E-state index < -0.39 is 0 Å². The summed E-state index contributed by atoms with van der Waals surface area (Å²) in [6.45, 7) is 4.44. The third-order valence-corrected chi connectivity index (χ3v) is 4.42. The molecule has 1 heterocycles. The fourth-order valence-electron chi connectivity index (χ4n) is 2.88. The van der Waals surface area contributed by atoms with Crippen LogP contribution in [0.3, 0.4) is 0 Å². The lowest BCUT2D eigenvalue weighted by Crippen LogP contribution is -1.96. The van der Waals surface area contributed by atoms with Gasteiger partial charge in [0.1, 0.15) is 0 Å². The lowest BCUT2D eigenvalue weighted by Gasteiger charge is -2.04. The summed E-state index contributed by atoms with van der Waals surface area (Å²) in [4.78, 5) is 11.1. The third-order valence-electron chi connectivity index (χ3n) is 4.42. The van der Waals surface area contributed by atoms with Crippen LogP contribution in [0.2, 0.25) is 0 Å². The molecule has 1 aromatic rings. The molecule has 0 unspecified atom stereocenters. The van der Waals surface area contributed by atoms with E-state index in [2.05, 4.69) is 6.92 Å². The van der Waals surface area contributed by atoms with Crippen molar-refractivity contribution in [2.24, 2.45) is 0 Å². The summed E-state index contributed by atoms with van der Waals surface area (Å²) in [6.07, 6.45) is 17.5. The SMILES string of the molecule is CCCCCCCCCCCCCCCOc1ccc(C(C)=O)o1. The van der Waals surface area contributed by atoms with Crippen LogP contribution in [0.25, 0.3) is 0 Å². The van der Waals surface area contributed by atoms with Crippen LogP contribution in [0.4, 0.5) is 0 Å². The Morgan fingerprint density at radius 3 is 1.79 bits per heavy atom. The van der Waals surface area contributed by atoms with Crippen LogP contribution < -0.4 is 4.74 Å². The maximum atomic E-state index is 11.1. The van der Waals surface area contributed by atoms with Crippen molar-refractivity contribution < 1.29 is 13.9 Å². The Hall–Kier alpha value is -1.25. The molecule has 0 saturated carbocycles. The van der Waals surface area contributed by atoms with Gasteiger partial charge in [-0.2, -0.15) is 0 Å². The first-order valence-corrected chi connectivity index (χ1v) is 9.97. The van der Waals surface area contributed by atoms with E-state index in [0.29, 0.717) is 18.3 Å². The average Bonchev–Trinajstić information content (AvgIpc) is 3.04. The molecule has 0 bridgehead atoms. The van der Waals surface area contributed by atoms with Gasteiger partial charge in [0, 0.05) is 13.0 Å². The molecule has 138 valence electrons. The zero-order chi connectivity index (χ0) is 17.5. The van der Waals surface area contributed by atoms with Gasteiger partial charge in [-0.25, -0.2) is 0 Å². The molecule has 0 aliphatic carbocycles. The summed E-state index contributed by atoms with van der Waals surface area (Å²) in [7, 11) is 0. The molecular weight excluding hydrogens is 300 g/mol. The molecular formula is C21H36O3. The molecule has 0 amide bonds. The van der Waals surface area contributed by atoms with E-state index in [4.69, 9.17) is 9.15 Å². The molecule has 1 aromatic heterocycles. The molecule has 24 heavy (non-hydrogen) atoms. The van der Waals surface area contributed by atoms with Crippen molar-refractivity contribution in [3.63, 3.8) is 0 Å². The van der Waals surface area contributed by atoms with Crippen LogP contribution in [-0.4, -0.2) is 12.4 Å². The fourth-order valence-corrected chi connectivity index (χ4v) is 2.88. The summed E-state index contributed by atoms with van der Waals surface area (Å²) in [5.74, 6) is 0.764. The molecule has 0 radical (unpaired) electrons. The van der Waals surface area contributed by atoms with E-state index in [9.17, 15) is 4.79 Å². The first kappa shape index (κ1) is 20.8. The minimum Gasteiger partial charge on any atom is -0.465 e. The van der Waals surface area contributed by atoms with E-state index in [1.807, 2.05) is 0 Å². The lowest BCUT2D eigenvalue weighted by atomic mass is 10.0. The zero-order valence-corrected chi connectivity index (χ0v) is 15.8. The minimum atomic E-state index is -0.0641. The first-order chi connectivity index (χ1) is 11.7. The quantitative estimate of drug-likeness (QED) is 0.242. The van der Waals surface area contributed by atoms with Gasteiger partial charge in [0.15, 0.2) is 11.5 Å². The minimum absolute atomic E-state index is 0.0641. The van der Waals surface area contributed by atoms with Crippen molar-refractivity contribution in [2.75, 3.05) is 6.61 Å². The van der Waals surface area contributed by atoms with Gasteiger partial charge in [-0.05, 0) is 12.5 Å². The largest absolute Gasteiger partial charge is 0.465 e. The molecule has 0 saturated heterocycles. The summed E-state index contributed by atoms with van der Waals surface area (Å²) in [5, 5.41) is 0. The fraction of sp³-hybridized carbons (Fsp3) is 0.762. The number of furan rings is 1. The Morgan fingerprint density at radius 2 is 1.33 bits per heavy atom. The van der Waals surface area contributed by atoms with Crippen LogP contribution >= 0.6 is 0 Å². The highest BCUT2D eigenvalue weighted by molar-refractivity contribution is 5.91. The number of hydrogen-bond acceptors (Lipinski definition) is 3. The highest BCUT2D eigenvalue weighted by Gasteiger charge is 2.06. The van der Waals surface area contributed by atoms with Gasteiger partial charge in [-0.3, -0.25) is 4.79 Å². The van der Waals surface area contributed by atoms with Crippen molar-refractivity contribution in [3.8, 4) is 5.95 Å². The highest BCUT2D eigenvalue weighted by Crippen LogP contribution is 2.17. The van der Waals surface area contributed by atoms with Gasteiger partial charge < -0.3 is 9.15 Å². The van der Waals surface area contributed by atoms with Crippen LogP contribution in [0.15, 0.2) is 16.5 Å². The standard InChI is InChI=1S/C21H36O3/c1-3-4-5-6-7-8-9-10-11-12-13-14-15-18-23-21-17-16-20(24-21)19(2)22/h16-17H,3-15,18H2,1-2H3. The van der Waals surface area contributed by atoms with Crippen molar-refractivity contribution >= 4 is 5.78 Å². The van der Waals surface area contributed by atoms with Gasteiger partial charge in [0.25, 0.3) is 5.95 Å². The second-order valence-electron chi connectivity index (χ2n) is 6.77. The van der Waals surface area contributed by atoms with Crippen molar-refractivity contribution in [1.82, 2.24) is 0 Å². The predicted molar refractivity (Wildman–Crippen MR) is 99.9 cm³/mol. The summed E-state index contributed by atoms with van der Waals surface area (Å²) >= 11 is 0. The molecule has 0 aliphatic rings. The predicted octanol–water partition coefficient (Wildman–Crippen LogP) is 6.95. The van der Waals surface area contributed by atoms with E-state index in [1.165, 1.54) is 84.0 Å². The van der Waals surface area contributed by atoms with E-state index in [1.54, 1.807) is 12.1 Å². The van der Waals surface area contributed by atoms with E-state index >= 15 is 0 Å². The van der Waals surface area contributed by atoms with Crippen LogP contribution in [0.1, 0.15) is 108 Å². The Kier molecular flexibility index (Phi) is 12.2. The Labute approximate surface area is 148 Å². The Balaban J connectivity index is 1.81. The smallest absolute Gasteiger partial charge is 0.284 e. The summed E-state index contributed by atoms with van der Waals surface area (Å²) in [5.41, 5.74) is 0. The first-order valence-electron chi connectivity index (χ1n) is 9.97. The van der Waals surface area contributed by atoms with Crippen molar-refractivity contribution in [2.45, 2.75) is 97.3 Å². The number of ketones is 1. The summed E-state index contributed by atoms with van der Waals surface area (Å²) < 4.78 is 10.8. The second kappa shape index (κ2) is 14.1. The van der Waals surface area contributed by atoms with Crippen molar-refractivity contribution in [1.29, 1.82) is 0 Å². The molecule has 0 N–H and O–H groups in total. The molecule has 1 rings (SSSR count). The van der Waals surface area contributed by atoms with E-state index in [0.717, 1.165) is 6.42 Å². The number of hydrogen-bond donors (Lipinski definition) is 0. The molecule has 0 aromatic carbocycles. The van der Waals surface area contributed by atoms with Crippen LogP contribution in [0, 0.1) is 0 Å². The number of carbonyl (C=O) groups is 1. The molecule has 3 heteroatoms. The number of Topliss-reactive ketones (excluding diaryl/α,β-unsaturated/α-hetero) is 1. The maximum Gasteiger partial charge on any atom is 0.284 e. The van der Waals surface area contributed by atoms with Crippen LogP contribution in [0.5, 0.6) is 5.95 Å². The lowest BCUT2D eigenvalue weighted by molar-refractivity contribution is 0.0978. The molecule has 0 atom stereocenters. The monoisotopic (exact) mass is 336 g/mol. The number of carbonyl (C=O) groups excluding carboxylic acids is 1. The van der Waals surface area contributed by atoms with Crippen LogP contribution in [-0.2, 0) is 0 Å². The van der Waals surface area contributed by atoms with Gasteiger partial charge in [0.05, 0.1) is 6.61 Å². The highest BCUT2D eigenvalue weighted by atomic mass is 16.6. The maximum absolute atomic E-state index is 11.1. The average molecular weight is 337 g/mol. The number of ether oxygens (including phenoxy) is 1. The van der Waals surface area contributed by atoms with Gasteiger partial charge in [-0.15, -0.1) is 0 Å². The molecule has 0 fully saturated rings. The van der Waals surface area contributed by atoms with E-state index in [-0.39, 0.29) is 5.78 Å². The second-order valence-corrected chi connectivity index (χ2v) is 6.77. The molecule has 3 nitrogen and oxygen atoms in total. The Morgan fingerprint density at radius 1 is 0.833 bits per heavy atom. The zero-order valence-electron chi connectivity index (χ0n) is 15.8. The van der Waals surface area contributed by atoms with Crippen molar-refractivity contribution in [3.05, 3.63) is 17.9 Å². The van der Waals surface area contributed by atoms with Gasteiger partial charge in [-0.1, -0.05) is 84.0 Å². The molecule has 0 aliphatic heterocycles. The third kappa shape index (κ3) is 10.5. The Bertz CT molecular complexity index is 422.